The highest BCUT2D eigenvalue weighted by Crippen LogP contribution is 2.33. The van der Waals surface area contributed by atoms with Crippen molar-refractivity contribution in [3.8, 4) is 0 Å². The molecule has 104 valence electrons. The molecule has 0 spiro atoms. The van der Waals surface area contributed by atoms with Crippen LogP contribution in [0.4, 0.5) is 0 Å². The molecule has 1 heterocycles. The summed E-state index contributed by atoms with van der Waals surface area (Å²) in [6.07, 6.45) is 1.79. The lowest BCUT2D eigenvalue weighted by Crippen LogP contribution is -2.44. The molecule has 0 bridgehead atoms. The van der Waals surface area contributed by atoms with E-state index in [1.54, 1.807) is 6.92 Å². The van der Waals surface area contributed by atoms with Crippen LogP contribution in [0.1, 0.15) is 29.4 Å². The van der Waals surface area contributed by atoms with E-state index in [0.717, 1.165) is 22.9 Å². The second kappa shape index (κ2) is 4.90. The standard InChI is InChI=1S/C15H15NO3S/c1-9(15(18)19)16(11-6-7-11)14(17)13-8-10-4-2-3-5-12(10)20-13/h2-5,8-9,11H,6-7H2,1H3,(H,18,19). The predicted molar refractivity (Wildman–Crippen MR) is 78.1 cm³/mol. The summed E-state index contributed by atoms with van der Waals surface area (Å²) in [5, 5.41) is 10.2. The predicted octanol–water partition coefficient (Wildman–Crippen LogP) is 2.98. The minimum absolute atomic E-state index is 0.0822. The lowest BCUT2D eigenvalue weighted by atomic mass is 10.2. The van der Waals surface area contributed by atoms with Crippen molar-refractivity contribution in [1.82, 2.24) is 4.90 Å². The number of carboxylic acids is 1. The number of carbonyl (C=O) groups is 2. The van der Waals surface area contributed by atoms with Gasteiger partial charge in [0.15, 0.2) is 0 Å². The molecular weight excluding hydrogens is 274 g/mol. The molecule has 1 fully saturated rings. The van der Waals surface area contributed by atoms with Gasteiger partial charge in [-0.05, 0) is 37.3 Å². The zero-order valence-electron chi connectivity index (χ0n) is 11.1. The second-order valence-corrected chi connectivity index (χ2v) is 6.19. The summed E-state index contributed by atoms with van der Waals surface area (Å²) in [5.41, 5.74) is 0. The summed E-state index contributed by atoms with van der Waals surface area (Å²) in [6, 6.07) is 8.96. The molecule has 1 amide bonds. The highest BCUT2D eigenvalue weighted by Gasteiger charge is 2.39. The van der Waals surface area contributed by atoms with Crippen LogP contribution in [0.25, 0.3) is 10.1 Å². The van der Waals surface area contributed by atoms with Gasteiger partial charge in [-0.2, -0.15) is 0 Å². The smallest absolute Gasteiger partial charge is 0.326 e. The second-order valence-electron chi connectivity index (χ2n) is 5.11. The van der Waals surface area contributed by atoms with Crippen LogP contribution in [0.2, 0.25) is 0 Å². The van der Waals surface area contributed by atoms with Crippen molar-refractivity contribution in [1.29, 1.82) is 0 Å². The highest BCUT2D eigenvalue weighted by atomic mass is 32.1. The third-order valence-corrected chi connectivity index (χ3v) is 4.69. The third kappa shape index (κ3) is 2.29. The van der Waals surface area contributed by atoms with Crippen molar-refractivity contribution in [2.24, 2.45) is 0 Å². The van der Waals surface area contributed by atoms with Gasteiger partial charge in [-0.25, -0.2) is 4.79 Å². The monoisotopic (exact) mass is 289 g/mol. The molecular formula is C15H15NO3S. The molecule has 0 aliphatic heterocycles. The van der Waals surface area contributed by atoms with E-state index in [1.807, 2.05) is 30.3 Å². The maximum absolute atomic E-state index is 12.6. The maximum atomic E-state index is 12.6. The first-order valence-electron chi connectivity index (χ1n) is 6.62. The van der Waals surface area contributed by atoms with Gasteiger partial charge in [-0.15, -0.1) is 11.3 Å². The quantitative estimate of drug-likeness (QED) is 0.941. The van der Waals surface area contributed by atoms with Crippen molar-refractivity contribution in [3.05, 3.63) is 35.2 Å². The summed E-state index contributed by atoms with van der Waals surface area (Å²) in [4.78, 5) is 25.9. The molecule has 20 heavy (non-hydrogen) atoms. The zero-order valence-corrected chi connectivity index (χ0v) is 11.9. The molecule has 1 aromatic carbocycles. The molecule has 2 aromatic rings. The number of fused-ring (bicyclic) bond motifs is 1. The normalized spacial score (nSPS) is 16.1. The SMILES string of the molecule is CC(C(=O)O)N(C(=O)c1cc2ccccc2s1)C1CC1. The Morgan fingerprint density at radius 3 is 2.65 bits per heavy atom. The minimum atomic E-state index is -0.952. The van der Waals surface area contributed by atoms with Crippen molar-refractivity contribution in [2.45, 2.75) is 31.8 Å². The van der Waals surface area contributed by atoms with Crippen LogP contribution >= 0.6 is 11.3 Å². The van der Waals surface area contributed by atoms with Crippen LogP contribution in [0, 0.1) is 0 Å². The molecule has 4 nitrogen and oxygen atoms in total. The Morgan fingerprint density at radius 1 is 1.35 bits per heavy atom. The van der Waals surface area contributed by atoms with Crippen LogP contribution in [0.3, 0.4) is 0 Å². The van der Waals surface area contributed by atoms with E-state index in [1.165, 1.54) is 16.2 Å². The maximum Gasteiger partial charge on any atom is 0.326 e. The van der Waals surface area contributed by atoms with Crippen LogP contribution in [-0.2, 0) is 4.79 Å². The number of benzene rings is 1. The molecule has 1 N–H and O–H groups in total. The molecule has 5 heteroatoms. The van der Waals surface area contributed by atoms with E-state index >= 15 is 0 Å². The van der Waals surface area contributed by atoms with Gasteiger partial charge in [0.2, 0.25) is 0 Å². The van der Waals surface area contributed by atoms with Gasteiger partial charge >= 0.3 is 5.97 Å². The summed E-state index contributed by atoms with van der Waals surface area (Å²) in [7, 11) is 0. The largest absolute Gasteiger partial charge is 0.480 e. The van der Waals surface area contributed by atoms with Crippen LogP contribution in [-0.4, -0.2) is 34.0 Å². The molecule has 1 aromatic heterocycles. The average Bonchev–Trinajstić information content (AvgIpc) is 3.16. The first kappa shape index (κ1) is 13.1. The van der Waals surface area contributed by atoms with Gasteiger partial charge < -0.3 is 10.0 Å². The number of carboxylic acid groups (broad SMARTS) is 1. The first-order valence-corrected chi connectivity index (χ1v) is 7.43. The van der Waals surface area contributed by atoms with Crippen molar-refractivity contribution < 1.29 is 14.7 Å². The number of amides is 1. The average molecular weight is 289 g/mol. The molecule has 1 saturated carbocycles. The molecule has 0 radical (unpaired) electrons. The third-order valence-electron chi connectivity index (χ3n) is 3.59. The van der Waals surface area contributed by atoms with E-state index in [9.17, 15) is 14.7 Å². The highest BCUT2D eigenvalue weighted by molar-refractivity contribution is 7.20. The van der Waals surface area contributed by atoms with Crippen LogP contribution in [0.5, 0.6) is 0 Å². The van der Waals surface area contributed by atoms with Gasteiger partial charge in [0.1, 0.15) is 6.04 Å². The lowest BCUT2D eigenvalue weighted by molar-refractivity contribution is -0.141. The number of nitrogens with zero attached hydrogens (tertiary/aromatic N) is 1. The van der Waals surface area contributed by atoms with Crippen LogP contribution < -0.4 is 0 Å². The molecule has 1 aliphatic carbocycles. The molecule has 3 rings (SSSR count). The Labute approximate surface area is 120 Å². The van der Waals surface area contributed by atoms with Crippen molar-refractivity contribution in [3.63, 3.8) is 0 Å². The number of aliphatic carboxylic acids is 1. The summed E-state index contributed by atoms with van der Waals surface area (Å²) < 4.78 is 1.05. The summed E-state index contributed by atoms with van der Waals surface area (Å²) >= 11 is 1.42. The van der Waals surface area contributed by atoms with Gasteiger partial charge in [0.25, 0.3) is 5.91 Å². The fraction of sp³-hybridized carbons (Fsp3) is 0.333. The van der Waals surface area contributed by atoms with E-state index < -0.39 is 12.0 Å². The summed E-state index contributed by atoms with van der Waals surface area (Å²) in [6.45, 7) is 1.58. The lowest BCUT2D eigenvalue weighted by Gasteiger charge is -2.25. The van der Waals surface area contributed by atoms with Gasteiger partial charge in [0, 0.05) is 10.7 Å². The Hall–Kier alpha value is -1.88. The van der Waals surface area contributed by atoms with E-state index in [4.69, 9.17) is 0 Å². The molecule has 0 saturated heterocycles. The fourth-order valence-electron chi connectivity index (χ4n) is 2.34. The molecule has 1 unspecified atom stereocenters. The minimum Gasteiger partial charge on any atom is -0.480 e. The number of rotatable bonds is 4. The van der Waals surface area contributed by atoms with E-state index in [2.05, 4.69) is 0 Å². The topological polar surface area (TPSA) is 57.6 Å². The fourth-order valence-corrected chi connectivity index (χ4v) is 3.35. The Morgan fingerprint density at radius 2 is 2.05 bits per heavy atom. The van der Waals surface area contributed by atoms with Gasteiger partial charge in [-0.3, -0.25) is 4.79 Å². The Bertz CT molecular complexity index is 642. The van der Waals surface area contributed by atoms with Gasteiger partial charge in [0.05, 0.1) is 4.88 Å². The Balaban J connectivity index is 1.94. The zero-order chi connectivity index (χ0) is 14.3. The number of hydrogen-bond donors (Lipinski definition) is 1. The van der Waals surface area contributed by atoms with Gasteiger partial charge in [-0.1, -0.05) is 18.2 Å². The number of hydrogen-bond acceptors (Lipinski definition) is 3. The van der Waals surface area contributed by atoms with Crippen molar-refractivity contribution in [2.75, 3.05) is 0 Å². The van der Waals surface area contributed by atoms with Crippen LogP contribution in [0.15, 0.2) is 30.3 Å². The van der Waals surface area contributed by atoms with Crippen molar-refractivity contribution >= 4 is 33.3 Å². The number of thiophene rings is 1. The molecule has 1 atom stereocenters. The number of carbonyl (C=O) groups excluding carboxylic acids is 1. The first-order chi connectivity index (χ1) is 9.58. The Kier molecular flexibility index (Phi) is 3.22. The van der Waals surface area contributed by atoms with E-state index in [0.29, 0.717) is 4.88 Å². The summed E-state index contributed by atoms with van der Waals surface area (Å²) in [5.74, 6) is -1.12. The molecule has 1 aliphatic rings. The van der Waals surface area contributed by atoms with E-state index in [-0.39, 0.29) is 11.9 Å².